The van der Waals surface area contributed by atoms with Crippen molar-refractivity contribution in [3.63, 3.8) is 0 Å². The van der Waals surface area contributed by atoms with Gasteiger partial charge in [-0.1, -0.05) is 36.4 Å². The van der Waals surface area contributed by atoms with E-state index in [4.69, 9.17) is 9.47 Å². The quantitative estimate of drug-likeness (QED) is 0.393. The van der Waals surface area contributed by atoms with E-state index in [2.05, 4.69) is 12.1 Å². The molecule has 7 heteroatoms. The van der Waals surface area contributed by atoms with E-state index in [1.807, 2.05) is 37.3 Å². The summed E-state index contributed by atoms with van der Waals surface area (Å²) >= 11 is 0. The van der Waals surface area contributed by atoms with Crippen molar-refractivity contribution in [3.8, 4) is 35.3 Å². The lowest BCUT2D eigenvalue weighted by atomic mass is 9.78. The Morgan fingerprint density at radius 2 is 1.58 bits per heavy atom. The molecule has 2 atom stereocenters. The van der Waals surface area contributed by atoms with Crippen molar-refractivity contribution in [2.45, 2.75) is 37.4 Å². The molecule has 0 spiro atoms. The second-order valence-electron chi connectivity index (χ2n) is 9.56. The van der Waals surface area contributed by atoms with E-state index in [1.165, 1.54) is 4.57 Å². The SMILES string of the molecule is C[C@]12CC[C@](CCOc3ccccc3C#N)(O1)c1c2c(O)n(-c2ccc(C#N)c3ccccc23)c1O. The fourth-order valence-electron chi connectivity index (χ4n) is 5.92. The number of rotatable bonds is 5. The highest BCUT2D eigenvalue weighted by Crippen LogP contribution is 2.65. The first-order chi connectivity index (χ1) is 17.4. The number of aromatic hydroxyl groups is 2. The van der Waals surface area contributed by atoms with Crippen molar-refractivity contribution in [2.75, 3.05) is 6.61 Å². The zero-order valence-electron chi connectivity index (χ0n) is 19.7. The average molecular weight is 478 g/mol. The summed E-state index contributed by atoms with van der Waals surface area (Å²) in [6.45, 7) is 2.21. The molecule has 7 nitrogen and oxygen atoms in total. The summed E-state index contributed by atoms with van der Waals surface area (Å²) in [7, 11) is 0. The number of benzene rings is 3. The molecule has 1 saturated heterocycles. The molecule has 4 aromatic rings. The molecule has 2 aliphatic rings. The largest absolute Gasteiger partial charge is 0.494 e. The Morgan fingerprint density at radius 3 is 2.36 bits per heavy atom. The Hall–Kier alpha value is -4.46. The summed E-state index contributed by atoms with van der Waals surface area (Å²) in [5.41, 5.74) is 1.19. The maximum Gasteiger partial charge on any atom is 0.205 e. The van der Waals surface area contributed by atoms with Crippen molar-refractivity contribution >= 4 is 10.8 Å². The second-order valence-corrected chi connectivity index (χ2v) is 9.56. The highest BCUT2D eigenvalue weighted by atomic mass is 16.5. The number of nitriles is 2. The maximum absolute atomic E-state index is 11.5. The Morgan fingerprint density at radius 1 is 0.889 bits per heavy atom. The van der Waals surface area contributed by atoms with Gasteiger partial charge in [0, 0.05) is 17.2 Å². The molecule has 2 bridgehead atoms. The van der Waals surface area contributed by atoms with Crippen LogP contribution in [0.5, 0.6) is 17.5 Å². The zero-order valence-corrected chi connectivity index (χ0v) is 19.7. The van der Waals surface area contributed by atoms with Crippen LogP contribution < -0.4 is 4.74 Å². The van der Waals surface area contributed by atoms with Crippen molar-refractivity contribution < 1.29 is 19.7 Å². The molecule has 0 radical (unpaired) electrons. The van der Waals surface area contributed by atoms with Crippen LogP contribution in [0.25, 0.3) is 16.5 Å². The van der Waals surface area contributed by atoms with Gasteiger partial charge >= 0.3 is 0 Å². The van der Waals surface area contributed by atoms with Crippen LogP contribution in [-0.2, 0) is 15.9 Å². The van der Waals surface area contributed by atoms with E-state index in [9.17, 15) is 20.7 Å². The predicted octanol–water partition coefficient (Wildman–Crippen LogP) is 5.49. The van der Waals surface area contributed by atoms with Gasteiger partial charge in [0.15, 0.2) is 0 Å². The Bertz CT molecular complexity index is 1630. The van der Waals surface area contributed by atoms with Crippen LogP contribution in [0.2, 0.25) is 0 Å². The Kier molecular flexibility index (Phi) is 4.76. The summed E-state index contributed by atoms with van der Waals surface area (Å²) in [6.07, 6.45) is 1.81. The number of ether oxygens (including phenoxy) is 2. The highest BCUT2D eigenvalue weighted by Gasteiger charge is 2.61. The van der Waals surface area contributed by atoms with Crippen LogP contribution in [0.4, 0.5) is 0 Å². The third kappa shape index (κ3) is 2.94. The van der Waals surface area contributed by atoms with Crippen LogP contribution in [0, 0.1) is 22.7 Å². The van der Waals surface area contributed by atoms with Gasteiger partial charge in [-0.3, -0.25) is 4.57 Å². The fourth-order valence-corrected chi connectivity index (χ4v) is 5.92. The van der Waals surface area contributed by atoms with Gasteiger partial charge in [-0.25, -0.2) is 0 Å². The molecule has 2 N–H and O–H groups in total. The fraction of sp³-hybridized carbons (Fsp3) is 0.241. The smallest absolute Gasteiger partial charge is 0.205 e. The first-order valence-electron chi connectivity index (χ1n) is 11.8. The van der Waals surface area contributed by atoms with Crippen molar-refractivity contribution in [3.05, 3.63) is 82.9 Å². The van der Waals surface area contributed by atoms with Crippen LogP contribution in [0.15, 0.2) is 60.7 Å². The third-order valence-corrected chi connectivity index (χ3v) is 7.57. The number of hydrogen-bond donors (Lipinski definition) is 2. The standard InChI is InChI=1S/C29H23N3O4/c1-28-12-13-29(36-28,14-15-35-23-9-5-2-6-19(23)17-31)25-24(28)26(33)32(27(25)34)22-11-10-18(16-30)20-7-3-4-8-21(20)22/h2-11,33-34H,12-15H2,1H3/t28-,29-/m1/s1. The predicted molar refractivity (Wildman–Crippen MR) is 132 cm³/mol. The van der Waals surface area contributed by atoms with Gasteiger partial charge in [0.2, 0.25) is 11.8 Å². The number of nitrogens with zero attached hydrogens (tertiary/aromatic N) is 3. The van der Waals surface area contributed by atoms with Crippen LogP contribution in [0.1, 0.15) is 48.4 Å². The van der Waals surface area contributed by atoms with Crippen LogP contribution >= 0.6 is 0 Å². The van der Waals surface area contributed by atoms with Gasteiger partial charge < -0.3 is 19.7 Å². The van der Waals surface area contributed by atoms with E-state index in [0.717, 1.165) is 10.8 Å². The summed E-state index contributed by atoms with van der Waals surface area (Å²) < 4.78 is 13.9. The minimum atomic E-state index is -0.819. The van der Waals surface area contributed by atoms with Gasteiger partial charge in [-0.15, -0.1) is 0 Å². The lowest BCUT2D eigenvalue weighted by Gasteiger charge is -2.26. The van der Waals surface area contributed by atoms with E-state index in [-0.39, 0.29) is 18.4 Å². The number of hydrogen-bond acceptors (Lipinski definition) is 6. The van der Waals surface area contributed by atoms with Crippen LogP contribution in [0.3, 0.4) is 0 Å². The highest BCUT2D eigenvalue weighted by molar-refractivity contribution is 5.95. The van der Waals surface area contributed by atoms with E-state index in [1.54, 1.807) is 30.3 Å². The lowest BCUT2D eigenvalue weighted by molar-refractivity contribution is -0.0876. The first kappa shape index (κ1) is 22.0. The molecule has 0 unspecified atom stereocenters. The van der Waals surface area contributed by atoms with Gasteiger partial charge in [0.25, 0.3) is 0 Å². The molecule has 3 heterocycles. The monoisotopic (exact) mass is 477 g/mol. The molecular weight excluding hydrogens is 454 g/mol. The Labute approximate surface area is 208 Å². The van der Waals surface area contributed by atoms with Crippen molar-refractivity contribution in [1.82, 2.24) is 4.57 Å². The van der Waals surface area contributed by atoms with E-state index in [0.29, 0.717) is 53.0 Å². The number of para-hydroxylation sites is 1. The van der Waals surface area contributed by atoms with E-state index < -0.39 is 11.2 Å². The van der Waals surface area contributed by atoms with Crippen molar-refractivity contribution in [2.24, 2.45) is 0 Å². The summed E-state index contributed by atoms with van der Waals surface area (Å²) in [5.74, 6) is 0.375. The topological polar surface area (TPSA) is 111 Å². The van der Waals surface area contributed by atoms with Crippen LogP contribution in [-0.4, -0.2) is 21.4 Å². The Balaban J connectivity index is 1.43. The minimum Gasteiger partial charge on any atom is -0.494 e. The van der Waals surface area contributed by atoms with Gasteiger partial charge in [-0.05, 0) is 44.0 Å². The molecule has 36 heavy (non-hydrogen) atoms. The molecule has 3 aromatic carbocycles. The normalized spacial score (nSPS) is 21.8. The second kappa shape index (κ2) is 7.78. The van der Waals surface area contributed by atoms with E-state index >= 15 is 0 Å². The molecule has 0 saturated carbocycles. The average Bonchev–Trinajstić information content (AvgIpc) is 3.48. The summed E-state index contributed by atoms with van der Waals surface area (Å²) in [4.78, 5) is 0. The summed E-state index contributed by atoms with van der Waals surface area (Å²) in [6, 6.07) is 22.3. The molecule has 1 fully saturated rings. The molecular formula is C29H23N3O4. The lowest BCUT2D eigenvalue weighted by Crippen LogP contribution is -2.25. The number of aromatic nitrogens is 1. The minimum absolute atomic E-state index is 0.0582. The molecule has 178 valence electrons. The molecule has 2 aliphatic heterocycles. The van der Waals surface area contributed by atoms with Crippen molar-refractivity contribution in [1.29, 1.82) is 10.5 Å². The number of fused-ring (bicyclic) bond motifs is 6. The molecule has 6 rings (SSSR count). The zero-order chi connectivity index (χ0) is 25.1. The molecule has 0 aliphatic carbocycles. The third-order valence-electron chi connectivity index (χ3n) is 7.57. The molecule has 0 amide bonds. The first-order valence-corrected chi connectivity index (χ1v) is 11.8. The van der Waals surface area contributed by atoms with Gasteiger partial charge in [0.05, 0.1) is 46.2 Å². The van der Waals surface area contributed by atoms with Gasteiger partial charge in [0.1, 0.15) is 17.4 Å². The summed E-state index contributed by atoms with van der Waals surface area (Å²) in [5, 5.41) is 43.4. The van der Waals surface area contributed by atoms with Gasteiger partial charge in [-0.2, -0.15) is 10.5 Å². The molecule has 1 aromatic heterocycles. The maximum atomic E-state index is 11.5.